The number of hydrogen-bond donors (Lipinski definition) is 3. The van der Waals surface area contributed by atoms with E-state index >= 15 is 0 Å². The average Bonchev–Trinajstić information content (AvgIpc) is 2.52. The molecule has 1 amide bonds. The monoisotopic (exact) mass is 358 g/mol. The molecule has 0 heterocycles. The van der Waals surface area contributed by atoms with Gasteiger partial charge in [-0.1, -0.05) is 39.0 Å². The predicted molar refractivity (Wildman–Crippen MR) is 87.8 cm³/mol. The number of nitrogens with one attached hydrogen (secondary N) is 1. The Morgan fingerprint density at radius 1 is 1.17 bits per heavy atom. The first-order valence-electron chi connectivity index (χ1n) is 8.13. The lowest BCUT2D eigenvalue weighted by Gasteiger charge is -2.11. The molecule has 0 bridgehead atoms. The fourth-order valence-electron chi connectivity index (χ4n) is 2.20. The lowest BCUT2D eigenvalue weighted by molar-refractivity contribution is -0.254. The molecular formula is C17H27ClN2O4. The predicted octanol–water partition coefficient (Wildman–Crippen LogP) is -0.882. The van der Waals surface area contributed by atoms with E-state index in [4.69, 9.17) is 9.84 Å². The highest BCUT2D eigenvalue weighted by atomic mass is 35.5. The van der Waals surface area contributed by atoms with Crippen LogP contribution in [0.1, 0.15) is 55.8 Å². The maximum Gasteiger partial charge on any atom is 0.322 e. The fourth-order valence-corrected chi connectivity index (χ4v) is 2.20. The molecule has 0 saturated heterocycles. The molecule has 6 nitrogen and oxygen atoms in total. The van der Waals surface area contributed by atoms with Crippen LogP contribution in [0.3, 0.4) is 0 Å². The van der Waals surface area contributed by atoms with E-state index in [-0.39, 0.29) is 12.4 Å². The van der Waals surface area contributed by atoms with Crippen LogP contribution in [-0.4, -0.2) is 30.1 Å². The van der Waals surface area contributed by atoms with Gasteiger partial charge >= 0.3 is 5.97 Å². The number of ether oxygens (including phenoxy) is 1. The van der Waals surface area contributed by atoms with Crippen molar-refractivity contribution in [2.75, 3.05) is 13.2 Å². The zero-order valence-corrected chi connectivity index (χ0v) is 14.9. The van der Waals surface area contributed by atoms with Crippen LogP contribution in [0.5, 0.6) is 5.75 Å². The highest BCUT2D eigenvalue weighted by molar-refractivity contribution is 5.98. The summed E-state index contributed by atoms with van der Waals surface area (Å²) in [5, 5.41) is 11.0. The molecule has 0 aliphatic heterocycles. The number of carbonyl (C=O) groups is 2. The third-order valence-electron chi connectivity index (χ3n) is 3.44. The van der Waals surface area contributed by atoms with Crippen LogP contribution < -0.4 is 28.2 Å². The summed E-state index contributed by atoms with van der Waals surface area (Å²) >= 11 is 0. The standard InChI is InChI=1S/C17H26N2O4.ClH/c1-2-3-4-5-6-7-10-23-15-9-8-13(18)11-14(15)17(22)19-12-16(20)21;/h8-9,11H,2-7,10,12,18H2,1H3,(H,19,22)(H,20,21);1H. The molecule has 1 aromatic rings. The Morgan fingerprint density at radius 3 is 2.50 bits per heavy atom. The molecule has 0 radical (unpaired) electrons. The zero-order valence-electron chi connectivity index (χ0n) is 14.1. The number of quaternary nitrogens is 1. The van der Waals surface area contributed by atoms with Crippen molar-refractivity contribution in [1.29, 1.82) is 0 Å². The molecule has 0 spiro atoms. The zero-order chi connectivity index (χ0) is 17.1. The number of benzene rings is 1. The fraction of sp³-hybridized carbons (Fsp3) is 0.529. The second kappa shape index (κ2) is 12.6. The Labute approximate surface area is 149 Å². The first-order chi connectivity index (χ1) is 11.0. The van der Waals surface area contributed by atoms with Crippen LogP contribution in [0.15, 0.2) is 18.2 Å². The number of carboxylic acids is 1. The molecule has 5 N–H and O–H groups in total. The van der Waals surface area contributed by atoms with E-state index in [1.807, 2.05) is 0 Å². The Kier molecular flexibility index (Phi) is 11.7. The third-order valence-corrected chi connectivity index (χ3v) is 3.44. The van der Waals surface area contributed by atoms with Crippen LogP contribution in [-0.2, 0) is 4.79 Å². The quantitative estimate of drug-likeness (QED) is 0.447. The smallest absolute Gasteiger partial charge is 0.322 e. The van der Waals surface area contributed by atoms with Gasteiger partial charge in [-0.25, -0.2) is 0 Å². The van der Waals surface area contributed by atoms with Crippen molar-refractivity contribution in [3.05, 3.63) is 23.8 Å². The van der Waals surface area contributed by atoms with Crippen LogP contribution in [0.2, 0.25) is 0 Å². The van der Waals surface area contributed by atoms with Gasteiger partial charge in [0, 0.05) is 12.1 Å². The van der Waals surface area contributed by atoms with Gasteiger partial charge in [0.25, 0.3) is 5.91 Å². The number of amides is 1. The number of rotatable bonds is 11. The summed E-state index contributed by atoms with van der Waals surface area (Å²) in [5.41, 5.74) is 4.79. The van der Waals surface area contributed by atoms with Gasteiger partial charge in [0.1, 0.15) is 18.0 Å². The molecule has 1 aromatic carbocycles. The lowest BCUT2D eigenvalue weighted by atomic mass is 10.1. The Morgan fingerprint density at radius 2 is 1.83 bits per heavy atom. The molecule has 0 fully saturated rings. The van der Waals surface area contributed by atoms with Crippen molar-refractivity contribution in [2.45, 2.75) is 45.4 Å². The van der Waals surface area contributed by atoms with Crippen LogP contribution in [0.4, 0.5) is 5.69 Å². The summed E-state index contributed by atoms with van der Waals surface area (Å²) in [6.45, 7) is 2.31. The van der Waals surface area contributed by atoms with E-state index in [1.54, 1.807) is 18.2 Å². The SMILES string of the molecule is CCCCCCCCOc1ccc([NH3+])cc1C(=O)NCC(=O)O.[Cl-]. The number of carbonyl (C=O) groups excluding carboxylic acids is 1. The average molecular weight is 359 g/mol. The van der Waals surface area contributed by atoms with Crippen molar-refractivity contribution in [2.24, 2.45) is 0 Å². The Hall–Kier alpha value is -1.79. The highest BCUT2D eigenvalue weighted by Crippen LogP contribution is 2.21. The minimum Gasteiger partial charge on any atom is -1.00 e. The summed E-state index contributed by atoms with van der Waals surface area (Å²) in [5.74, 6) is -1.08. The molecule has 0 atom stereocenters. The van der Waals surface area contributed by atoms with Gasteiger partial charge in [0.15, 0.2) is 0 Å². The second-order valence-electron chi connectivity index (χ2n) is 5.52. The summed E-state index contributed by atoms with van der Waals surface area (Å²) in [4.78, 5) is 22.6. The van der Waals surface area contributed by atoms with Crippen molar-refractivity contribution in [1.82, 2.24) is 5.32 Å². The maximum absolute atomic E-state index is 12.0. The minimum absolute atomic E-state index is 0. The molecule has 0 saturated carbocycles. The van der Waals surface area contributed by atoms with Gasteiger partial charge in [0.2, 0.25) is 0 Å². The first-order valence-corrected chi connectivity index (χ1v) is 8.13. The topological polar surface area (TPSA) is 103 Å². The number of hydrogen-bond acceptors (Lipinski definition) is 3. The number of halogens is 1. The Balaban J connectivity index is 0.00000529. The summed E-state index contributed by atoms with van der Waals surface area (Å²) < 4.78 is 5.69. The molecule has 0 aromatic heterocycles. The molecule has 1 rings (SSSR count). The Bertz CT molecular complexity index is 523. The van der Waals surface area contributed by atoms with Crippen molar-refractivity contribution in [3.8, 4) is 5.75 Å². The minimum atomic E-state index is -1.08. The van der Waals surface area contributed by atoms with E-state index in [2.05, 4.69) is 18.0 Å². The largest absolute Gasteiger partial charge is 1.00 e. The van der Waals surface area contributed by atoms with Crippen molar-refractivity contribution < 1.29 is 37.6 Å². The summed E-state index contributed by atoms with van der Waals surface area (Å²) in [6.07, 6.45) is 6.97. The lowest BCUT2D eigenvalue weighted by Crippen LogP contribution is -3.00. The molecule has 0 aliphatic rings. The summed E-state index contributed by atoms with van der Waals surface area (Å²) in [7, 11) is 0. The molecule has 136 valence electrons. The third kappa shape index (κ3) is 8.74. The number of aliphatic carboxylic acids is 1. The van der Waals surface area contributed by atoms with Crippen molar-refractivity contribution >= 4 is 17.6 Å². The molecule has 24 heavy (non-hydrogen) atoms. The molecular weight excluding hydrogens is 332 g/mol. The van der Waals surface area contributed by atoms with Crippen molar-refractivity contribution in [3.63, 3.8) is 0 Å². The maximum atomic E-state index is 12.0. The normalized spacial score (nSPS) is 9.92. The molecule has 0 unspecified atom stereocenters. The van der Waals surface area contributed by atoms with Gasteiger partial charge in [0.05, 0.1) is 12.2 Å². The van der Waals surface area contributed by atoms with Crippen LogP contribution in [0, 0.1) is 0 Å². The van der Waals surface area contributed by atoms with Crippen LogP contribution >= 0.6 is 0 Å². The van der Waals surface area contributed by atoms with E-state index in [0.29, 0.717) is 23.6 Å². The second-order valence-corrected chi connectivity index (χ2v) is 5.52. The van der Waals surface area contributed by atoms with E-state index < -0.39 is 18.4 Å². The molecule has 7 heteroatoms. The van der Waals surface area contributed by atoms with Gasteiger partial charge in [-0.3, -0.25) is 9.59 Å². The summed E-state index contributed by atoms with van der Waals surface area (Å²) in [6, 6.07) is 5.08. The van der Waals surface area contributed by atoms with Crippen LogP contribution in [0.25, 0.3) is 0 Å². The van der Waals surface area contributed by atoms with E-state index in [9.17, 15) is 9.59 Å². The van der Waals surface area contributed by atoms with E-state index in [1.165, 1.54) is 25.7 Å². The van der Waals surface area contributed by atoms with Gasteiger partial charge in [-0.15, -0.1) is 0 Å². The van der Waals surface area contributed by atoms with E-state index in [0.717, 1.165) is 12.8 Å². The number of carboxylic acid groups (broad SMARTS) is 1. The number of unbranched alkanes of at least 4 members (excludes halogenated alkanes) is 5. The molecule has 0 aliphatic carbocycles. The first kappa shape index (κ1) is 22.2. The van der Waals surface area contributed by atoms with Gasteiger partial charge in [-0.05, 0) is 12.5 Å². The van der Waals surface area contributed by atoms with Gasteiger partial charge < -0.3 is 33.3 Å². The van der Waals surface area contributed by atoms with Gasteiger partial charge in [-0.2, -0.15) is 0 Å². The highest BCUT2D eigenvalue weighted by Gasteiger charge is 2.15.